The second-order valence-corrected chi connectivity index (χ2v) is 6.09. The van der Waals surface area contributed by atoms with E-state index in [1.54, 1.807) is 0 Å². The molecule has 1 unspecified atom stereocenters. The molecule has 2 aromatic carbocycles. The second-order valence-electron chi connectivity index (χ2n) is 6.09. The highest BCUT2D eigenvalue weighted by Gasteiger charge is 2.28. The number of nitrogens with one attached hydrogen (secondary N) is 1. The molecule has 112 valence electrons. The van der Waals surface area contributed by atoms with Crippen LogP contribution in [0.5, 0.6) is 0 Å². The van der Waals surface area contributed by atoms with Gasteiger partial charge in [0, 0.05) is 12.2 Å². The molecule has 0 bridgehead atoms. The van der Waals surface area contributed by atoms with Crippen LogP contribution in [0.3, 0.4) is 0 Å². The number of nitrogens with zero attached hydrogens (tertiary/aromatic N) is 1. The number of anilines is 3. The van der Waals surface area contributed by atoms with Gasteiger partial charge in [0.25, 0.3) is 0 Å². The van der Waals surface area contributed by atoms with E-state index in [4.69, 9.17) is 5.73 Å². The number of para-hydroxylation sites is 2. The fourth-order valence-electron chi connectivity index (χ4n) is 3.03. The molecule has 4 rings (SSSR count). The number of nitrogens with two attached hydrogens (primary N) is 1. The molecule has 1 heterocycles. The highest BCUT2D eigenvalue weighted by Crippen LogP contribution is 2.42. The summed E-state index contributed by atoms with van der Waals surface area (Å²) in [4.78, 5) is 14.2. The average molecular weight is 293 g/mol. The summed E-state index contributed by atoms with van der Waals surface area (Å²) in [5, 5.41) is 2.92. The Labute approximate surface area is 129 Å². The van der Waals surface area contributed by atoms with E-state index in [0.29, 0.717) is 12.5 Å². The van der Waals surface area contributed by atoms with Gasteiger partial charge >= 0.3 is 0 Å². The molecule has 0 spiro atoms. The molecule has 1 saturated carbocycles. The molecule has 1 atom stereocenters. The number of carbonyl (C=O) groups is 1. The van der Waals surface area contributed by atoms with E-state index in [1.807, 2.05) is 24.3 Å². The van der Waals surface area contributed by atoms with E-state index in [9.17, 15) is 4.79 Å². The predicted octanol–water partition coefficient (Wildman–Crippen LogP) is 2.98. The summed E-state index contributed by atoms with van der Waals surface area (Å²) in [6.45, 7) is 0.483. The summed E-state index contributed by atoms with van der Waals surface area (Å²) in [5.41, 5.74) is 10.3. The zero-order chi connectivity index (χ0) is 15.1. The number of fused-ring (bicyclic) bond motifs is 1. The first-order chi connectivity index (χ1) is 10.7. The first kappa shape index (κ1) is 13.3. The molecular formula is C18H19N3O. The first-order valence-electron chi connectivity index (χ1n) is 7.75. The van der Waals surface area contributed by atoms with Crippen molar-refractivity contribution in [3.63, 3.8) is 0 Å². The van der Waals surface area contributed by atoms with Crippen molar-refractivity contribution in [1.29, 1.82) is 0 Å². The van der Waals surface area contributed by atoms with Crippen molar-refractivity contribution in [3.05, 3.63) is 54.1 Å². The van der Waals surface area contributed by atoms with Gasteiger partial charge in [-0.1, -0.05) is 24.3 Å². The van der Waals surface area contributed by atoms with E-state index in [-0.39, 0.29) is 5.91 Å². The van der Waals surface area contributed by atoms with Gasteiger partial charge in [0.05, 0.1) is 11.4 Å². The van der Waals surface area contributed by atoms with Crippen molar-refractivity contribution in [2.24, 2.45) is 5.73 Å². The molecule has 4 heteroatoms. The van der Waals surface area contributed by atoms with Gasteiger partial charge in [-0.2, -0.15) is 0 Å². The van der Waals surface area contributed by atoms with E-state index >= 15 is 0 Å². The molecule has 1 amide bonds. The molecule has 0 aromatic heterocycles. The number of carbonyl (C=O) groups excluding carboxylic acids is 1. The lowest BCUT2D eigenvalue weighted by Gasteiger charge is -2.26. The number of hydrogen-bond acceptors (Lipinski definition) is 3. The topological polar surface area (TPSA) is 58.4 Å². The van der Waals surface area contributed by atoms with Gasteiger partial charge in [-0.3, -0.25) is 4.79 Å². The Morgan fingerprint density at radius 1 is 1.09 bits per heavy atom. The van der Waals surface area contributed by atoms with Crippen molar-refractivity contribution < 1.29 is 4.79 Å². The summed E-state index contributed by atoms with van der Waals surface area (Å²) >= 11 is 0. The molecule has 0 radical (unpaired) electrons. The van der Waals surface area contributed by atoms with Crippen molar-refractivity contribution in [2.75, 3.05) is 16.8 Å². The maximum Gasteiger partial charge on any atom is 0.243 e. The van der Waals surface area contributed by atoms with Crippen LogP contribution in [0.4, 0.5) is 17.1 Å². The maximum atomic E-state index is 12.1. The minimum Gasteiger partial charge on any atom is -0.338 e. The molecule has 2 aromatic rings. The number of benzene rings is 2. The third-order valence-corrected chi connectivity index (χ3v) is 4.40. The Bertz CT molecular complexity index is 724. The monoisotopic (exact) mass is 293 g/mol. The van der Waals surface area contributed by atoms with Gasteiger partial charge < -0.3 is 16.0 Å². The number of rotatable bonds is 2. The van der Waals surface area contributed by atoms with E-state index in [2.05, 4.69) is 34.5 Å². The minimum atomic E-state index is -0.544. The maximum absolute atomic E-state index is 12.1. The smallest absolute Gasteiger partial charge is 0.243 e. The molecular weight excluding hydrogens is 274 g/mol. The fourth-order valence-corrected chi connectivity index (χ4v) is 3.03. The third-order valence-electron chi connectivity index (χ3n) is 4.40. The molecule has 1 aliphatic carbocycles. The molecule has 22 heavy (non-hydrogen) atoms. The van der Waals surface area contributed by atoms with Crippen LogP contribution in [0.2, 0.25) is 0 Å². The Hall–Kier alpha value is -2.33. The minimum absolute atomic E-state index is 0.131. The fraction of sp³-hybridized carbons (Fsp3) is 0.278. The second kappa shape index (κ2) is 5.14. The first-order valence-corrected chi connectivity index (χ1v) is 7.75. The molecule has 1 aliphatic heterocycles. The molecule has 3 N–H and O–H groups in total. The van der Waals surface area contributed by atoms with Crippen LogP contribution in [-0.4, -0.2) is 18.5 Å². The Morgan fingerprint density at radius 2 is 1.91 bits per heavy atom. The summed E-state index contributed by atoms with van der Waals surface area (Å²) in [5.74, 6) is 0.573. The summed E-state index contributed by atoms with van der Waals surface area (Å²) in [7, 11) is 0. The average Bonchev–Trinajstić information content (AvgIpc) is 3.38. The highest BCUT2D eigenvalue weighted by atomic mass is 16.2. The predicted molar refractivity (Wildman–Crippen MR) is 88.5 cm³/mol. The van der Waals surface area contributed by atoms with Gasteiger partial charge in [0.1, 0.15) is 6.04 Å². The van der Waals surface area contributed by atoms with Crippen molar-refractivity contribution in [2.45, 2.75) is 24.8 Å². The molecule has 1 fully saturated rings. The zero-order valence-corrected chi connectivity index (χ0v) is 12.3. The van der Waals surface area contributed by atoms with Crippen LogP contribution in [0.1, 0.15) is 24.3 Å². The van der Waals surface area contributed by atoms with Crippen LogP contribution >= 0.6 is 0 Å². The molecule has 4 nitrogen and oxygen atoms in total. The third kappa shape index (κ3) is 2.35. The Balaban J connectivity index is 1.79. The standard InChI is InChI=1S/C18H19N3O/c19-15-11-21(14-5-3-4-13(10-14)12-8-9-12)17-7-2-1-6-16(17)20-18(15)22/h1-7,10,12,15H,8-9,11,19H2,(H,20,22). The van der Waals surface area contributed by atoms with E-state index in [0.717, 1.165) is 17.1 Å². The lowest BCUT2D eigenvalue weighted by atomic mass is 10.1. The number of hydrogen-bond donors (Lipinski definition) is 2. The quantitative estimate of drug-likeness (QED) is 0.895. The number of amides is 1. The van der Waals surface area contributed by atoms with Crippen molar-refractivity contribution >= 4 is 23.0 Å². The summed E-state index contributed by atoms with van der Waals surface area (Å²) in [6, 6.07) is 15.9. The summed E-state index contributed by atoms with van der Waals surface area (Å²) in [6.07, 6.45) is 2.55. The van der Waals surface area contributed by atoms with Crippen LogP contribution in [0, 0.1) is 0 Å². The Morgan fingerprint density at radius 3 is 2.73 bits per heavy atom. The van der Waals surface area contributed by atoms with Crippen LogP contribution in [-0.2, 0) is 4.79 Å². The van der Waals surface area contributed by atoms with Crippen LogP contribution in [0.25, 0.3) is 0 Å². The van der Waals surface area contributed by atoms with Gasteiger partial charge in [0.2, 0.25) is 5.91 Å². The van der Waals surface area contributed by atoms with E-state index < -0.39 is 6.04 Å². The van der Waals surface area contributed by atoms with Crippen LogP contribution in [0.15, 0.2) is 48.5 Å². The van der Waals surface area contributed by atoms with Crippen LogP contribution < -0.4 is 16.0 Å². The normalized spacial score (nSPS) is 21.0. The van der Waals surface area contributed by atoms with Gasteiger partial charge in [0.15, 0.2) is 0 Å². The van der Waals surface area contributed by atoms with Crippen molar-refractivity contribution in [3.8, 4) is 0 Å². The highest BCUT2D eigenvalue weighted by molar-refractivity contribution is 6.00. The lowest BCUT2D eigenvalue weighted by molar-refractivity contribution is -0.117. The SMILES string of the molecule is NC1CN(c2cccc(C3CC3)c2)c2ccccc2NC1=O. The molecule has 0 saturated heterocycles. The largest absolute Gasteiger partial charge is 0.338 e. The van der Waals surface area contributed by atoms with Gasteiger partial charge in [-0.15, -0.1) is 0 Å². The molecule has 2 aliphatic rings. The lowest BCUT2D eigenvalue weighted by Crippen LogP contribution is -2.41. The van der Waals surface area contributed by atoms with Crippen molar-refractivity contribution in [1.82, 2.24) is 0 Å². The van der Waals surface area contributed by atoms with Gasteiger partial charge in [-0.25, -0.2) is 0 Å². The summed E-state index contributed by atoms with van der Waals surface area (Å²) < 4.78 is 0. The van der Waals surface area contributed by atoms with Gasteiger partial charge in [-0.05, 0) is 48.6 Å². The Kier molecular flexibility index (Phi) is 3.12. The zero-order valence-electron chi connectivity index (χ0n) is 12.3. The van der Waals surface area contributed by atoms with E-state index in [1.165, 1.54) is 18.4 Å².